The predicted octanol–water partition coefficient (Wildman–Crippen LogP) is 2.65. The SMILES string of the molecule is CCCOc1ccc(C(=O)CC(=O)CCOC)cc1. The van der Waals surface area contributed by atoms with Gasteiger partial charge in [0, 0.05) is 19.1 Å². The average molecular weight is 264 g/mol. The lowest BCUT2D eigenvalue weighted by molar-refractivity contribution is -0.119. The van der Waals surface area contributed by atoms with Crippen LogP contribution in [0.2, 0.25) is 0 Å². The molecule has 4 heteroatoms. The maximum atomic E-state index is 11.8. The van der Waals surface area contributed by atoms with E-state index in [0.717, 1.165) is 12.2 Å². The Kier molecular flexibility index (Phi) is 6.82. The number of ether oxygens (including phenoxy) is 2. The van der Waals surface area contributed by atoms with Gasteiger partial charge in [-0.15, -0.1) is 0 Å². The van der Waals surface area contributed by atoms with Crippen LogP contribution in [0.15, 0.2) is 24.3 Å². The van der Waals surface area contributed by atoms with Gasteiger partial charge in [-0.05, 0) is 30.7 Å². The van der Waals surface area contributed by atoms with E-state index >= 15 is 0 Å². The lowest BCUT2D eigenvalue weighted by Crippen LogP contribution is -2.10. The van der Waals surface area contributed by atoms with E-state index in [-0.39, 0.29) is 24.4 Å². The Balaban J connectivity index is 2.50. The fourth-order valence-corrected chi connectivity index (χ4v) is 1.54. The number of carbonyl (C=O) groups excluding carboxylic acids is 2. The van der Waals surface area contributed by atoms with Crippen molar-refractivity contribution in [2.75, 3.05) is 20.3 Å². The Morgan fingerprint density at radius 1 is 1.11 bits per heavy atom. The molecular formula is C15H20O4. The molecule has 4 nitrogen and oxygen atoms in total. The van der Waals surface area contributed by atoms with Crippen molar-refractivity contribution in [1.82, 2.24) is 0 Å². The maximum absolute atomic E-state index is 11.8. The fraction of sp³-hybridized carbons (Fsp3) is 0.467. The first-order valence-corrected chi connectivity index (χ1v) is 6.44. The summed E-state index contributed by atoms with van der Waals surface area (Å²) in [5.41, 5.74) is 0.537. The first kappa shape index (κ1) is 15.4. The van der Waals surface area contributed by atoms with Gasteiger partial charge < -0.3 is 9.47 Å². The molecule has 1 aromatic rings. The van der Waals surface area contributed by atoms with Crippen LogP contribution in [0.4, 0.5) is 0 Å². The summed E-state index contributed by atoms with van der Waals surface area (Å²) in [5.74, 6) is 0.477. The van der Waals surface area contributed by atoms with Gasteiger partial charge in [0.05, 0.1) is 19.6 Å². The molecule has 0 aromatic heterocycles. The average Bonchev–Trinajstić information content (AvgIpc) is 2.43. The Morgan fingerprint density at radius 2 is 1.79 bits per heavy atom. The summed E-state index contributed by atoms with van der Waals surface area (Å²) >= 11 is 0. The van der Waals surface area contributed by atoms with Crippen molar-refractivity contribution in [3.8, 4) is 5.75 Å². The Labute approximate surface area is 113 Å². The summed E-state index contributed by atoms with van der Waals surface area (Å²) in [7, 11) is 1.53. The quantitative estimate of drug-likeness (QED) is 0.508. The summed E-state index contributed by atoms with van der Waals surface area (Å²) < 4.78 is 10.2. The van der Waals surface area contributed by atoms with Crippen LogP contribution < -0.4 is 4.74 Å². The predicted molar refractivity (Wildman–Crippen MR) is 72.7 cm³/mol. The van der Waals surface area contributed by atoms with Gasteiger partial charge in [-0.2, -0.15) is 0 Å². The van der Waals surface area contributed by atoms with Gasteiger partial charge in [-0.3, -0.25) is 9.59 Å². The van der Waals surface area contributed by atoms with Crippen LogP contribution in [0, 0.1) is 0 Å². The Bertz CT molecular complexity index is 409. The van der Waals surface area contributed by atoms with Gasteiger partial charge in [0.1, 0.15) is 11.5 Å². The Morgan fingerprint density at radius 3 is 2.37 bits per heavy atom. The third kappa shape index (κ3) is 5.66. The molecule has 0 aliphatic carbocycles. The molecule has 0 bridgehead atoms. The lowest BCUT2D eigenvalue weighted by atomic mass is 10.0. The number of benzene rings is 1. The number of ketones is 2. The maximum Gasteiger partial charge on any atom is 0.170 e. The molecule has 1 aromatic carbocycles. The normalized spacial score (nSPS) is 10.2. The van der Waals surface area contributed by atoms with Crippen molar-refractivity contribution in [2.24, 2.45) is 0 Å². The lowest BCUT2D eigenvalue weighted by Gasteiger charge is -2.05. The van der Waals surface area contributed by atoms with E-state index < -0.39 is 0 Å². The molecule has 0 radical (unpaired) electrons. The standard InChI is InChI=1S/C15H20O4/c1-3-9-19-14-6-4-12(5-7-14)15(17)11-13(16)8-10-18-2/h4-7H,3,8-11H2,1-2H3. The van der Waals surface area contributed by atoms with Gasteiger partial charge in [0.2, 0.25) is 0 Å². The fourth-order valence-electron chi connectivity index (χ4n) is 1.54. The van der Waals surface area contributed by atoms with Crippen molar-refractivity contribution in [3.05, 3.63) is 29.8 Å². The van der Waals surface area contributed by atoms with Gasteiger partial charge in [0.25, 0.3) is 0 Å². The van der Waals surface area contributed by atoms with Crippen LogP contribution in [0.25, 0.3) is 0 Å². The first-order chi connectivity index (χ1) is 9.17. The highest BCUT2D eigenvalue weighted by atomic mass is 16.5. The molecular weight excluding hydrogens is 244 g/mol. The largest absolute Gasteiger partial charge is 0.494 e. The summed E-state index contributed by atoms with van der Waals surface area (Å²) in [4.78, 5) is 23.3. The van der Waals surface area contributed by atoms with Gasteiger partial charge in [-0.1, -0.05) is 6.92 Å². The van der Waals surface area contributed by atoms with Crippen LogP contribution in [0.3, 0.4) is 0 Å². The number of hydrogen-bond acceptors (Lipinski definition) is 4. The van der Waals surface area contributed by atoms with Crippen molar-refractivity contribution in [1.29, 1.82) is 0 Å². The molecule has 0 unspecified atom stereocenters. The molecule has 0 heterocycles. The van der Waals surface area contributed by atoms with E-state index in [9.17, 15) is 9.59 Å². The number of methoxy groups -OCH3 is 1. The van der Waals surface area contributed by atoms with Gasteiger partial charge in [-0.25, -0.2) is 0 Å². The second kappa shape index (κ2) is 8.43. The third-order valence-electron chi connectivity index (χ3n) is 2.59. The van der Waals surface area contributed by atoms with E-state index in [1.165, 1.54) is 7.11 Å². The molecule has 0 N–H and O–H groups in total. The second-order valence-corrected chi connectivity index (χ2v) is 4.25. The van der Waals surface area contributed by atoms with Gasteiger partial charge in [0.15, 0.2) is 5.78 Å². The third-order valence-corrected chi connectivity index (χ3v) is 2.59. The van der Waals surface area contributed by atoms with Crippen LogP contribution >= 0.6 is 0 Å². The molecule has 0 spiro atoms. The summed E-state index contributed by atoms with van der Waals surface area (Å²) in [6.45, 7) is 3.04. The molecule has 0 atom stereocenters. The van der Waals surface area contributed by atoms with Crippen molar-refractivity contribution >= 4 is 11.6 Å². The molecule has 0 amide bonds. The van der Waals surface area contributed by atoms with Crippen molar-refractivity contribution in [3.63, 3.8) is 0 Å². The number of rotatable bonds is 9. The molecule has 0 fully saturated rings. The van der Waals surface area contributed by atoms with E-state index in [1.54, 1.807) is 24.3 Å². The van der Waals surface area contributed by atoms with Crippen LogP contribution in [-0.2, 0) is 9.53 Å². The minimum absolute atomic E-state index is 0.0709. The zero-order valence-electron chi connectivity index (χ0n) is 11.5. The van der Waals surface area contributed by atoms with E-state index in [0.29, 0.717) is 18.8 Å². The van der Waals surface area contributed by atoms with Crippen LogP contribution in [-0.4, -0.2) is 31.9 Å². The molecule has 0 saturated heterocycles. The number of hydrogen-bond donors (Lipinski definition) is 0. The zero-order valence-corrected chi connectivity index (χ0v) is 11.5. The van der Waals surface area contributed by atoms with Crippen molar-refractivity contribution < 1.29 is 19.1 Å². The van der Waals surface area contributed by atoms with Crippen molar-refractivity contribution in [2.45, 2.75) is 26.2 Å². The van der Waals surface area contributed by atoms with E-state index in [4.69, 9.17) is 9.47 Å². The highest BCUT2D eigenvalue weighted by Crippen LogP contribution is 2.14. The number of carbonyl (C=O) groups is 2. The van der Waals surface area contributed by atoms with E-state index in [1.807, 2.05) is 6.92 Å². The zero-order chi connectivity index (χ0) is 14.1. The molecule has 0 saturated carbocycles. The van der Waals surface area contributed by atoms with Crippen LogP contribution in [0.5, 0.6) is 5.75 Å². The molecule has 104 valence electrons. The van der Waals surface area contributed by atoms with Crippen LogP contribution in [0.1, 0.15) is 36.5 Å². The van der Waals surface area contributed by atoms with Gasteiger partial charge >= 0.3 is 0 Å². The molecule has 0 aliphatic rings. The first-order valence-electron chi connectivity index (χ1n) is 6.44. The molecule has 0 aliphatic heterocycles. The smallest absolute Gasteiger partial charge is 0.170 e. The molecule has 1 rings (SSSR count). The summed E-state index contributed by atoms with van der Waals surface area (Å²) in [5, 5.41) is 0. The summed E-state index contributed by atoms with van der Waals surface area (Å²) in [6.07, 6.45) is 1.15. The number of Topliss-reactive ketones (excluding diaryl/α,β-unsaturated/α-hetero) is 2. The highest BCUT2D eigenvalue weighted by Gasteiger charge is 2.11. The second-order valence-electron chi connectivity index (χ2n) is 4.25. The topological polar surface area (TPSA) is 52.6 Å². The minimum atomic E-state index is -0.164. The summed E-state index contributed by atoms with van der Waals surface area (Å²) in [6, 6.07) is 6.89. The van der Waals surface area contributed by atoms with E-state index in [2.05, 4.69) is 0 Å². The minimum Gasteiger partial charge on any atom is -0.494 e. The highest BCUT2D eigenvalue weighted by molar-refractivity contribution is 6.07. The molecule has 19 heavy (non-hydrogen) atoms. The monoisotopic (exact) mass is 264 g/mol. The Hall–Kier alpha value is -1.68.